The van der Waals surface area contributed by atoms with Crippen molar-refractivity contribution in [2.45, 2.75) is 107 Å². The maximum absolute atomic E-state index is 7.04. The van der Waals surface area contributed by atoms with Gasteiger partial charge in [0.05, 0.1) is 25.9 Å². The van der Waals surface area contributed by atoms with Crippen LogP contribution in [0.3, 0.4) is 0 Å². The Labute approximate surface area is 250 Å². The highest BCUT2D eigenvalue weighted by Gasteiger charge is 2.55. The van der Waals surface area contributed by atoms with Crippen molar-refractivity contribution in [2.75, 3.05) is 6.61 Å². The van der Waals surface area contributed by atoms with Gasteiger partial charge in [0.15, 0.2) is 6.29 Å². The molecule has 7 rings (SSSR count). The molecule has 4 fully saturated rings. The van der Waals surface area contributed by atoms with Crippen molar-refractivity contribution >= 4 is 6.71 Å². The molecule has 4 heterocycles. The fourth-order valence-corrected chi connectivity index (χ4v) is 8.02. The highest BCUT2D eigenvalue weighted by molar-refractivity contribution is 6.62. The molecule has 0 spiro atoms. The summed E-state index contributed by atoms with van der Waals surface area (Å²) in [5.74, 6) is 1.61. The second-order valence-electron chi connectivity index (χ2n) is 12.7. The van der Waals surface area contributed by atoms with Crippen molar-refractivity contribution in [2.24, 2.45) is 0 Å². The second kappa shape index (κ2) is 13.4. The predicted molar refractivity (Wildman–Crippen MR) is 164 cm³/mol. The van der Waals surface area contributed by atoms with Crippen molar-refractivity contribution in [1.82, 2.24) is 0 Å². The van der Waals surface area contributed by atoms with E-state index in [1.165, 1.54) is 38.5 Å². The molecule has 3 aromatic carbocycles. The van der Waals surface area contributed by atoms with E-state index in [-0.39, 0.29) is 30.5 Å². The first-order chi connectivity index (χ1) is 20.8. The average Bonchev–Trinajstić information content (AvgIpc) is 3.48. The van der Waals surface area contributed by atoms with Gasteiger partial charge < -0.3 is 23.7 Å². The topological polar surface area (TPSA) is 46.2 Å². The minimum Gasteiger partial charge on any atom is -0.374 e. The van der Waals surface area contributed by atoms with Crippen LogP contribution in [0.4, 0.5) is 0 Å². The van der Waals surface area contributed by atoms with Crippen molar-refractivity contribution < 1.29 is 23.7 Å². The standard InChI is InChI=1S/C36H43BO5/c1-4-12-26(13-5-1)23-38-25-32-34-35(42-36(41-34)28-16-8-3-9-17-28)33(39-24-27-14-6-2-7-15-27)31(40-32)22-37-29-18-10-19-30(37)21-11-20-29/h1-9,12-17,29-36H,10-11,18-25H2/t29?,30?,31-,32+,33-,34-,35+,36+/m0/s1. The first kappa shape index (κ1) is 28.3. The molecule has 0 saturated carbocycles. The molecule has 0 amide bonds. The van der Waals surface area contributed by atoms with E-state index in [4.69, 9.17) is 23.7 Å². The van der Waals surface area contributed by atoms with Crippen LogP contribution in [0.5, 0.6) is 0 Å². The largest absolute Gasteiger partial charge is 0.374 e. The molecule has 6 atom stereocenters. The van der Waals surface area contributed by atoms with Gasteiger partial charge in [-0.05, 0) is 17.4 Å². The first-order valence-electron chi connectivity index (χ1n) is 16.1. The van der Waals surface area contributed by atoms with Crippen molar-refractivity contribution in [3.63, 3.8) is 0 Å². The van der Waals surface area contributed by atoms with Crippen molar-refractivity contribution in [3.8, 4) is 0 Å². The molecule has 4 aliphatic rings. The molecule has 0 unspecified atom stereocenters. The second-order valence-corrected chi connectivity index (χ2v) is 12.7. The lowest BCUT2D eigenvalue weighted by molar-refractivity contribution is -0.212. The van der Waals surface area contributed by atoms with Crippen LogP contribution in [0.1, 0.15) is 61.5 Å². The Morgan fingerprint density at radius 1 is 0.619 bits per heavy atom. The Kier molecular flexibility index (Phi) is 9.06. The van der Waals surface area contributed by atoms with Crippen molar-refractivity contribution in [3.05, 3.63) is 108 Å². The van der Waals surface area contributed by atoms with Crippen LogP contribution in [0.2, 0.25) is 18.0 Å². The van der Waals surface area contributed by atoms with Crippen LogP contribution in [-0.2, 0) is 36.9 Å². The molecule has 3 aromatic rings. The molecule has 4 aliphatic heterocycles. The monoisotopic (exact) mass is 566 g/mol. The van der Waals surface area contributed by atoms with E-state index in [2.05, 4.69) is 60.7 Å². The quantitative estimate of drug-likeness (QED) is 0.236. The molecule has 0 aliphatic carbocycles. The number of hydrogen-bond acceptors (Lipinski definition) is 5. The number of ether oxygens (including phenoxy) is 5. The number of rotatable bonds is 10. The summed E-state index contributed by atoms with van der Waals surface area (Å²) in [5, 5.41) is 0. The van der Waals surface area contributed by atoms with E-state index in [9.17, 15) is 0 Å². The summed E-state index contributed by atoms with van der Waals surface area (Å²) >= 11 is 0. The molecular weight excluding hydrogens is 523 g/mol. The van der Waals surface area contributed by atoms with E-state index >= 15 is 0 Å². The van der Waals surface area contributed by atoms with Crippen LogP contribution in [-0.4, -0.2) is 43.8 Å². The summed E-state index contributed by atoms with van der Waals surface area (Å²) in [4.78, 5) is 0. The molecule has 4 saturated heterocycles. The minimum absolute atomic E-state index is 0.0652. The highest BCUT2D eigenvalue weighted by atomic mass is 16.8. The summed E-state index contributed by atoms with van der Waals surface area (Å²) in [6.07, 6.45) is 7.75. The van der Waals surface area contributed by atoms with Gasteiger partial charge in [0.25, 0.3) is 0 Å². The molecule has 2 bridgehead atoms. The number of fused-ring (bicyclic) bond motifs is 3. The summed E-state index contributed by atoms with van der Waals surface area (Å²) < 4.78 is 33.5. The van der Waals surface area contributed by atoms with Gasteiger partial charge in [0.1, 0.15) is 31.1 Å². The van der Waals surface area contributed by atoms with Gasteiger partial charge in [-0.2, -0.15) is 0 Å². The Morgan fingerprint density at radius 2 is 1.19 bits per heavy atom. The molecule has 0 radical (unpaired) electrons. The van der Waals surface area contributed by atoms with E-state index in [0.717, 1.165) is 34.6 Å². The van der Waals surface area contributed by atoms with Gasteiger partial charge in [-0.15, -0.1) is 0 Å². The third-order valence-corrected chi connectivity index (χ3v) is 10.1. The van der Waals surface area contributed by atoms with Gasteiger partial charge in [-0.25, -0.2) is 0 Å². The van der Waals surface area contributed by atoms with Crippen LogP contribution in [0, 0.1) is 0 Å². The molecule has 5 nitrogen and oxygen atoms in total. The Balaban J connectivity index is 1.15. The molecule has 220 valence electrons. The van der Waals surface area contributed by atoms with E-state index in [0.29, 0.717) is 26.5 Å². The minimum atomic E-state index is -0.447. The van der Waals surface area contributed by atoms with Crippen LogP contribution in [0.25, 0.3) is 0 Å². The lowest BCUT2D eigenvalue weighted by Gasteiger charge is -2.46. The van der Waals surface area contributed by atoms with Crippen LogP contribution in [0.15, 0.2) is 91.0 Å². The Morgan fingerprint density at radius 3 is 1.83 bits per heavy atom. The SMILES string of the molecule is c1ccc(COC[C@H]2O[C@@H](CB3C4CCCC3CCC4)[C@H](OCc3ccccc3)[C@H]3O[C@H](c4ccccc4)O[C@H]32)cc1. The van der Waals surface area contributed by atoms with Crippen LogP contribution >= 0.6 is 0 Å². The van der Waals surface area contributed by atoms with Crippen molar-refractivity contribution in [1.29, 1.82) is 0 Å². The van der Waals surface area contributed by atoms with Crippen LogP contribution < -0.4 is 0 Å². The van der Waals surface area contributed by atoms with Gasteiger partial charge in [-0.1, -0.05) is 141 Å². The smallest absolute Gasteiger partial charge is 0.184 e. The third-order valence-electron chi connectivity index (χ3n) is 10.1. The van der Waals surface area contributed by atoms with E-state index in [1.807, 2.05) is 30.3 Å². The average molecular weight is 567 g/mol. The number of benzene rings is 3. The summed E-state index contributed by atoms with van der Waals surface area (Å²) in [5.41, 5.74) is 3.34. The van der Waals surface area contributed by atoms with Gasteiger partial charge >= 0.3 is 0 Å². The van der Waals surface area contributed by atoms with E-state index in [1.54, 1.807) is 0 Å². The number of hydrogen-bond donors (Lipinski definition) is 0. The molecule has 0 aromatic heterocycles. The fourth-order valence-electron chi connectivity index (χ4n) is 8.02. The van der Waals surface area contributed by atoms with Gasteiger partial charge in [-0.3, -0.25) is 0 Å². The first-order valence-corrected chi connectivity index (χ1v) is 16.1. The molecular formula is C36H43BO5. The maximum atomic E-state index is 7.04. The molecule has 6 heteroatoms. The normalized spacial score (nSPS) is 32.4. The van der Waals surface area contributed by atoms with E-state index < -0.39 is 6.29 Å². The summed E-state index contributed by atoms with van der Waals surface area (Å²) in [6.45, 7) is 2.22. The van der Waals surface area contributed by atoms with Gasteiger partial charge in [0, 0.05) is 5.56 Å². The molecule has 42 heavy (non-hydrogen) atoms. The van der Waals surface area contributed by atoms with Gasteiger partial charge in [0.2, 0.25) is 0 Å². The lowest BCUT2D eigenvalue weighted by atomic mass is 9.25. The zero-order valence-corrected chi connectivity index (χ0v) is 24.5. The maximum Gasteiger partial charge on any atom is 0.184 e. The third kappa shape index (κ3) is 6.39. The lowest BCUT2D eigenvalue weighted by Crippen LogP contribution is -2.59. The Bertz CT molecular complexity index is 1220. The Hall–Kier alpha value is -2.48. The summed E-state index contributed by atoms with van der Waals surface area (Å²) in [6, 6.07) is 31.0. The highest BCUT2D eigenvalue weighted by Crippen LogP contribution is 2.50. The zero-order chi connectivity index (χ0) is 28.1. The zero-order valence-electron chi connectivity index (χ0n) is 24.5. The fraction of sp³-hybridized carbons (Fsp3) is 0.500. The summed E-state index contributed by atoms with van der Waals surface area (Å²) in [7, 11) is 0. The molecule has 0 N–H and O–H groups in total. The predicted octanol–water partition coefficient (Wildman–Crippen LogP) is 7.64.